The quantitative estimate of drug-likeness (QED) is 0.606. The van der Waals surface area contributed by atoms with Crippen LogP contribution in [0.3, 0.4) is 0 Å². The highest BCUT2D eigenvalue weighted by Crippen LogP contribution is 2.14. The molecule has 1 rings (SSSR count). The monoisotopic (exact) mass is 160 g/mol. The predicted octanol–water partition coefficient (Wildman–Crippen LogP) is 1.32. The van der Waals surface area contributed by atoms with Crippen molar-refractivity contribution in [2.75, 3.05) is 14.1 Å². The average Bonchev–Trinajstić information content (AvgIpc) is 2.07. The molecule has 2 nitrogen and oxygen atoms in total. The van der Waals surface area contributed by atoms with Crippen molar-refractivity contribution in [1.29, 1.82) is 0 Å². The van der Waals surface area contributed by atoms with Gasteiger partial charge in [-0.05, 0) is 25.7 Å². The SMILES string of the molecule is C#CC(c1cccnc1)N(C)C. The van der Waals surface area contributed by atoms with Crippen molar-refractivity contribution in [1.82, 2.24) is 9.88 Å². The van der Waals surface area contributed by atoms with Crippen molar-refractivity contribution in [3.63, 3.8) is 0 Å². The second-order valence-electron chi connectivity index (χ2n) is 2.82. The van der Waals surface area contributed by atoms with Gasteiger partial charge in [0.1, 0.15) is 0 Å². The Hall–Kier alpha value is -1.33. The second-order valence-corrected chi connectivity index (χ2v) is 2.82. The Morgan fingerprint density at radius 3 is 2.75 bits per heavy atom. The third-order valence-electron chi connectivity index (χ3n) is 1.67. The first-order valence-corrected chi connectivity index (χ1v) is 3.78. The second kappa shape index (κ2) is 3.89. The van der Waals surface area contributed by atoms with Crippen LogP contribution in [-0.2, 0) is 0 Å². The maximum atomic E-state index is 5.39. The van der Waals surface area contributed by atoms with E-state index in [0.29, 0.717) is 0 Å². The molecular formula is C10H12N2. The first kappa shape index (κ1) is 8.76. The van der Waals surface area contributed by atoms with Gasteiger partial charge in [-0.15, -0.1) is 6.42 Å². The fourth-order valence-corrected chi connectivity index (χ4v) is 1.08. The summed E-state index contributed by atoms with van der Waals surface area (Å²) < 4.78 is 0. The number of nitrogens with zero attached hydrogens (tertiary/aromatic N) is 2. The molecule has 1 aromatic heterocycles. The molecule has 0 saturated heterocycles. The van der Waals surface area contributed by atoms with Gasteiger partial charge >= 0.3 is 0 Å². The van der Waals surface area contributed by atoms with Crippen molar-refractivity contribution in [2.24, 2.45) is 0 Å². The Labute approximate surface area is 73.2 Å². The Balaban J connectivity index is 2.90. The predicted molar refractivity (Wildman–Crippen MR) is 49.5 cm³/mol. The summed E-state index contributed by atoms with van der Waals surface area (Å²) in [6.45, 7) is 0. The number of rotatable bonds is 2. The number of hydrogen-bond donors (Lipinski definition) is 0. The molecule has 0 aliphatic heterocycles. The van der Waals surface area contributed by atoms with Gasteiger partial charge in [0.15, 0.2) is 0 Å². The zero-order valence-electron chi connectivity index (χ0n) is 7.36. The highest BCUT2D eigenvalue weighted by Gasteiger charge is 2.09. The fourth-order valence-electron chi connectivity index (χ4n) is 1.08. The van der Waals surface area contributed by atoms with Crippen LogP contribution >= 0.6 is 0 Å². The van der Waals surface area contributed by atoms with Crippen LogP contribution in [0.5, 0.6) is 0 Å². The lowest BCUT2D eigenvalue weighted by Gasteiger charge is -2.18. The minimum absolute atomic E-state index is 0.0266. The van der Waals surface area contributed by atoms with E-state index >= 15 is 0 Å². The highest BCUT2D eigenvalue weighted by molar-refractivity contribution is 5.22. The van der Waals surface area contributed by atoms with Crippen LogP contribution in [0.25, 0.3) is 0 Å². The topological polar surface area (TPSA) is 16.1 Å². The van der Waals surface area contributed by atoms with Gasteiger partial charge in [0.25, 0.3) is 0 Å². The molecule has 0 saturated carbocycles. The summed E-state index contributed by atoms with van der Waals surface area (Å²) in [5, 5.41) is 0. The van der Waals surface area contributed by atoms with Crippen LogP contribution in [0.1, 0.15) is 11.6 Å². The molecule has 12 heavy (non-hydrogen) atoms. The summed E-state index contributed by atoms with van der Waals surface area (Å²) >= 11 is 0. The van der Waals surface area contributed by atoms with Crippen LogP contribution in [0.15, 0.2) is 24.5 Å². The lowest BCUT2D eigenvalue weighted by atomic mass is 10.1. The fraction of sp³-hybridized carbons (Fsp3) is 0.300. The van der Waals surface area contributed by atoms with Crippen molar-refractivity contribution < 1.29 is 0 Å². The van der Waals surface area contributed by atoms with E-state index in [4.69, 9.17) is 6.42 Å². The zero-order valence-corrected chi connectivity index (χ0v) is 7.36. The Kier molecular flexibility index (Phi) is 2.84. The van der Waals surface area contributed by atoms with Crippen molar-refractivity contribution in [2.45, 2.75) is 6.04 Å². The van der Waals surface area contributed by atoms with Gasteiger partial charge < -0.3 is 0 Å². The van der Waals surface area contributed by atoms with Gasteiger partial charge in [-0.2, -0.15) is 0 Å². The summed E-state index contributed by atoms with van der Waals surface area (Å²) in [6.07, 6.45) is 8.93. The molecule has 0 radical (unpaired) electrons. The first-order chi connectivity index (χ1) is 5.75. The highest BCUT2D eigenvalue weighted by atomic mass is 15.1. The molecular weight excluding hydrogens is 148 g/mol. The van der Waals surface area contributed by atoms with E-state index in [1.165, 1.54) is 0 Å². The molecule has 2 heteroatoms. The van der Waals surface area contributed by atoms with Gasteiger partial charge in [0.2, 0.25) is 0 Å². The Bertz CT molecular complexity index is 272. The maximum absolute atomic E-state index is 5.39. The number of terminal acetylenes is 1. The molecule has 0 bridgehead atoms. The molecule has 0 aliphatic rings. The third-order valence-corrected chi connectivity index (χ3v) is 1.67. The largest absolute Gasteiger partial charge is 0.292 e. The van der Waals surface area contributed by atoms with Crippen molar-refractivity contribution >= 4 is 0 Å². The van der Waals surface area contributed by atoms with Crippen LogP contribution in [0, 0.1) is 12.3 Å². The summed E-state index contributed by atoms with van der Waals surface area (Å²) in [5.74, 6) is 2.70. The first-order valence-electron chi connectivity index (χ1n) is 3.78. The van der Waals surface area contributed by atoms with Crippen LogP contribution < -0.4 is 0 Å². The summed E-state index contributed by atoms with van der Waals surface area (Å²) in [4.78, 5) is 6.00. The molecule has 62 valence electrons. The Morgan fingerprint density at radius 1 is 1.58 bits per heavy atom. The lowest BCUT2D eigenvalue weighted by Crippen LogP contribution is -2.18. The molecule has 0 aliphatic carbocycles. The van der Waals surface area contributed by atoms with E-state index < -0.39 is 0 Å². The summed E-state index contributed by atoms with van der Waals surface area (Å²) in [7, 11) is 3.91. The lowest BCUT2D eigenvalue weighted by molar-refractivity contribution is 0.360. The number of aromatic nitrogens is 1. The minimum atomic E-state index is 0.0266. The van der Waals surface area contributed by atoms with Gasteiger partial charge in [0.05, 0.1) is 6.04 Å². The van der Waals surface area contributed by atoms with Crippen LogP contribution in [0.4, 0.5) is 0 Å². The summed E-state index contributed by atoms with van der Waals surface area (Å²) in [6, 6.07) is 3.90. The van der Waals surface area contributed by atoms with Crippen LogP contribution in [0.2, 0.25) is 0 Å². The Morgan fingerprint density at radius 2 is 2.33 bits per heavy atom. The molecule has 1 atom stereocenters. The molecule has 0 N–H and O–H groups in total. The molecule has 1 aromatic rings. The van der Waals surface area contributed by atoms with Gasteiger partial charge in [-0.25, -0.2) is 0 Å². The number of pyridine rings is 1. The third kappa shape index (κ3) is 1.84. The van der Waals surface area contributed by atoms with Crippen LogP contribution in [-0.4, -0.2) is 24.0 Å². The molecule has 0 aromatic carbocycles. The zero-order chi connectivity index (χ0) is 8.97. The maximum Gasteiger partial charge on any atom is 0.0978 e. The van der Waals surface area contributed by atoms with E-state index in [9.17, 15) is 0 Å². The van der Waals surface area contributed by atoms with Gasteiger partial charge in [-0.3, -0.25) is 9.88 Å². The number of hydrogen-bond acceptors (Lipinski definition) is 2. The van der Waals surface area contributed by atoms with E-state index in [-0.39, 0.29) is 6.04 Å². The molecule has 0 fully saturated rings. The summed E-state index contributed by atoms with van der Waals surface area (Å²) in [5.41, 5.74) is 1.06. The normalized spacial score (nSPS) is 12.5. The smallest absolute Gasteiger partial charge is 0.0978 e. The molecule has 1 heterocycles. The van der Waals surface area contributed by atoms with Crippen molar-refractivity contribution in [3.05, 3.63) is 30.1 Å². The minimum Gasteiger partial charge on any atom is -0.292 e. The molecule has 1 unspecified atom stereocenters. The average molecular weight is 160 g/mol. The standard InChI is InChI=1S/C10H12N2/c1-4-10(12(2)3)9-6-5-7-11-8-9/h1,5-8,10H,2-3H3. The van der Waals surface area contributed by atoms with E-state index in [1.807, 2.05) is 31.1 Å². The van der Waals surface area contributed by atoms with E-state index in [1.54, 1.807) is 12.4 Å². The van der Waals surface area contributed by atoms with Crippen molar-refractivity contribution in [3.8, 4) is 12.3 Å². The van der Waals surface area contributed by atoms with Gasteiger partial charge in [0, 0.05) is 12.4 Å². The molecule has 0 amide bonds. The van der Waals surface area contributed by atoms with E-state index in [2.05, 4.69) is 10.9 Å². The van der Waals surface area contributed by atoms with Gasteiger partial charge in [-0.1, -0.05) is 12.0 Å². The molecule has 0 spiro atoms. The van der Waals surface area contributed by atoms with E-state index in [0.717, 1.165) is 5.56 Å².